The first kappa shape index (κ1) is 17.8. The Hall–Kier alpha value is -1.59. The summed E-state index contributed by atoms with van der Waals surface area (Å²) in [6.45, 7) is 11.6. The van der Waals surface area contributed by atoms with Crippen LogP contribution < -0.4 is 10.1 Å². The topological polar surface area (TPSA) is 44.8 Å². The van der Waals surface area contributed by atoms with E-state index >= 15 is 0 Å². The summed E-state index contributed by atoms with van der Waals surface area (Å²) in [7, 11) is 0. The minimum Gasteiger partial charge on any atom is -0.494 e. The van der Waals surface area contributed by atoms with Crippen LogP contribution in [-0.2, 0) is 0 Å². The number of nitrogens with one attached hydrogen (secondary N) is 1. The van der Waals surface area contributed by atoms with Crippen LogP contribution in [0.5, 0.6) is 5.75 Å². The molecule has 1 heterocycles. The first-order valence-electron chi connectivity index (χ1n) is 8.69. The Bertz CT molecular complexity index is 466. The van der Waals surface area contributed by atoms with E-state index in [1.165, 1.54) is 0 Å². The third-order valence-corrected chi connectivity index (χ3v) is 4.29. The van der Waals surface area contributed by atoms with Crippen LogP contribution in [-0.4, -0.2) is 68.1 Å². The van der Waals surface area contributed by atoms with Crippen molar-refractivity contribution < 1.29 is 9.53 Å². The summed E-state index contributed by atoms with van der Waals surface area (Å²) in [5, 5.41) is 3.26. The molecule has 0 saturated carbocycles. The van der Waals surface area contributed by atoms with Gasteiger partial charge in [0.05, 0.1) is 6.61 Å². The van der Waals surface area contributed by atoms with Gasteiger partial charge in [0.15, 0.2) is 0 Å². The fourth-order valence-electron chi connectivity index (χ4n) is 2.76. The zero-order valence-corrected chi connectivity index (χ0v) is 14.4. The van der Waals surface area contributed by atoms with Gasteiger partial charge in [-0.1, -0.05) is 13.8 Å². The SMILES string of the molecule is CCN(CC)CCCOc1ccc(C(=O)N2CCNCC2)cc1. The van der Waals surface area contributed by atoms with Crippen molar-refractivity contribution in [3.8, 4) is 5.75 Å². The van der Waals surface area contributed by atoms with Crippen LogP contribution in [0.4, 0.5) is 0 Å². The van der Waals surface area contributed by atoms with Crippen molar-refractivity contribution in [2.45, 2.75) is 20.3 Å². The van der Waals surface area contributed by atoms with Gasteiger partial charge < -0.3 is 19.9 Å². The van der Waals surface area contributed by atoms with Gasteiger partial charge >= 0.3 is 0 Å². The van der Waals surface area contributed by atoms with E-state index in [2.05, 4.69) is 24.1 Å². The van der Waals surface area contributed by atoms with Gasteiger partial charge in [0.1, 0.15) is 5.75 Å². The molecule has 2 rings (SSSR count). The lowest BCUT2D eigenvalue weighted by atomic mass is 10.2. The maximum Gasteiger partial charge on any atom is 0.253 e. The number of piperazine rings is 1. The highest BCUT2D eigenvalue weighted by Crippen LogP contribution is 2.14. The Morgan fingerprint density at radius 1 is 1.17 bits per heavy atom. The molecule has 1 amide bonds. The number of hydrogen-bond donors (Lipinski definition) is 1. The van der Waals surface area contributed by atoms with Gasteiger partial charge in [-0.05, 0) is 43.8 Å². The van der Waals surface area contributed by atoms with Crippen LogP contribution in [0.3, 0.4) is 0 Å². The van der Waals surface area contributed by atoms with Gasteiger partial charge in [-0.25, -0.2) is 0 Å². The molecule has 0 unspecified atom stereocenters. The van der Waals surface area contributed by atoms with Crippen molar-refractivity contribution in [1.29, 1.82) is 0 Å². The third-order valence-electron chi connectivity index (χ3n) is 4.29. The largest absolute Gasteiger partial charge is 0.494 e. The smallest absolute Gasteiger partial charge is 0.253 e. The van der Waals surface area contributed by atoms with E-state index in [9.17, 15) is 4.79 Å². The zero-order valence-electron chi connectivity index (χ0n) is 14.4. The highest BCUT2D eigenvalue weighted by Gasteiger charge is 2.17. The highest BCUT2D eigenvalue weighted by molar-refractivity contribution is 5.94. The van der Waals surface area contributed by atoms with Gasteiger partial charge in [-0.15, -0.1) is 0 Å². The van der Waals surface area contributed by atoms with Crippen LogP contribution in [0.2, 0.25) is 0 Å². The third kappa shape index (κ3) is 5.52. The predicted octanol–water partition coefficient (Wildman–Crippen LogP) is 1.84. The summed E-state index contributed by atoms with van der Waals surface area (Å²) in [5.41, 5.74) is 0.738. The molecule has 0 atom stereocenters. The molecule has 1 aromatic carbocycles. The van der Waals surface area contributed by atoms with Gasteiger partial charge in [-0.2, -0.15) is 0 Å². The van der Waals surface area contributed by atoms with Gasteiger partial charge in [0.2, 0.25) is 0 Å². The second-order valence-corrected chi connectivity index (χ2v) is 5.80. The Labute approximate surface area is 139 Å². The number of rotatable bonds is 8. The molecule has 1 N–H and O–H groups in total. The predicted molar refractivity (Wildman–Crippen MR) is 93.1 cm³/mol. The summed E-state index contributed by atoms with van der Waals surface area (Å²) >= 11 is 0. The molecule has 0 bridgehead atoms. The van der Waals surface area contributed by atoms with Crippen molar-refractivity contribution in [3.05, 3.63) is 29.8 Å². The van der Waals surface area contributed by atoms with E-state index in [0.29, 0.717) is 6.61 Å². The maximum absolute atomic E-state index is 12.4. The summed E-state index contributed by atoms with van der Waals surface area (Å²) in [5.74, 6) is 0.945. The lowest BCUT2D eigenvalue weighted by molar-refractivity contribution is 0.0736. The lowest BCUT2D eigenvalue weighted by Gasteiger charge is -2.27. The van der Waals surface area contributed by atoms with E-state index in [0.717, 1.165) is 63.5 Å². The normalized spacial score (nSPS) is 15.0. The molecule has 1 fully saturated rings. The Morgan fingerprint density at radius 2 is 1.83 bits per heavy atom. The van der Waals surface area contributed by atoms with Crippen molar-refractivity contribution >= 4 is 5.91 Å². The van der Waals surface area contributed by atoms with E-state index < -0.39 is 0 Å². The van der Waals surface area contributed by atoms with E-state index in [-0.39, 0.29) is 5.91 Å². The molecule has 0 aromatic heterocycles. The Balaban J connectivity index is 1.76. The fraction of sp³-hybridized carbons (Fsp3) is 0.611. The van der Waals surface area contributed by atoms with E-state index in [1.54, 1.807) is 0 Å². The molecule has 1 saturated heterocycles. The van der Waals surface area contributed by atoms with Crippen LogP contribution in [0.25, 0.3) is 0 Å². The quantitative estimate of drug-likeness (QED) is 0.743. The summed E-state index contributed by atoms with van der Waals surface area (Å²) in [6.07, 6.45) is 1.02. The van der Waals surface area contributed by atoms with Crippen LogP contribution in [0.1, 0.15) is 30.6 Å². The monoisotopic (exact) mass is 319 g/mol. The number of amides is 1. The van der Waals surface area contributed by atoms with Crippen molar-refractivity contribution in [2.75, 3.05) is 52.4 Å². The zero-order chi connectivity index (χ0) is 16.5. The summed E-state index contributed by atoms with van der Waals surface area (Å²) < 4.78 is 5.76. The fourth-order valence-corrected chi connectivity index (χ4v) is 2.76. The molecular weight excluding hydrogens is 290 g/mol. The van der Waals surface area contributed by atoms with Gasteiger partial charge in [-0.3, -0.25) is 4.79 Å². The Kier molecular flexibility index (Phi) is 7.36. The maximum atomic E-state index is 12.4. The number of carbonyl (C=O) groups is 1. The van der Waals surface area contributed by atoms with E-state index in [4.69, 9.17) is 4.74 Å². The van der Waals surface area contributed by atoms with Crippen molar-refractivity contribution in [2.24, 2.45) is 0 Å². The number of ether oxygens (including phenoxy) is 1. The Morgan fingerprint density at radius 3 is 2.43 bits per heavy atom. The number of nitrogens with zero attached hydrogens (tertiary/aromatic N) is 2. The van der Waals surface area contributed by atoms with Crippen LogP contribution in [0, 0.1) is 0 Å². The molecule has 0 radical (unpaired) electrons. The summed E-state index contributed by atoms with van der Waals surface area (Å²) in [4.78, 5) is 16.7. The standard InChI is InChI=1S/C18H29N3O2/c1-3-20(4-2)12-5-15-23-17-8-6-16(7-9-17)18(22)21-13-10-19-11-14-21/h6-9,19H,3-5,10-15H2,1-2H3. The molecule has 5 nitrogen and oxygen atoms in total. The average molecular weight is 319 g/mol. The van der Waals surface area contributed by atoms with E-state index in [1.807, 2.05) is 29.2 Å². The molecule has 0 aliphatic carbocycles. The molecule has 1 aliphatic rings. The number of carbonyl (C=O) groups excluding carboxylic acids is 1. The van der Waals surface area contributed by atoms with Crippen molar-refractivity contribution in [1.82, 2.24) is 15.1 Å². The molecular formula is C18H29N3O2. The highest BCUT2D eigenvalue weighted by atomic mass is 16.5. The van der Waals surface area contributed by atoms with Crippen molar-refractivity contribution in [3.63, 3.8) is 0 Å². The minimum atomic E-state index is 0.111. The van der Waals surface area contributed by atoms with Gasteiger partial charge in [0.25, 0.3) is 5.91 Å². The first-order valence-corrected chi connectivity index (χ1v) is 8.69. The lowest BCUT2D eigenvalue weighted by Crippen LogP contribution is -2.46. The number of benzene rings is 1. The van der Waals surface area contributed by atoms with Crippen LogP contribution >= 0.6 is 0 Å². The second kappa shape index (κ2) is 9.53. The first-order chi connectivity index (χ1) is 11.2. The van der Waals surface area contributed by atoms with Crippen LogP contribution in [0.15, 0.2) is 24.3 Å². The number of hydrogen-bond acceptors (Lipinski definition) is 4. The molecule has 23 heavy (non-hydrogen) atoms. The summed E-state index contributed by atoms with van der Waals surface area (Å²) in [6, 6.07) is 7.52. The molecule has 5 heteroatoms. The molecule has 128 valence electrons. The molecule has 1 aliphatic heterocycles. The minimum absolute atomic E-state index is 0.111. The molecule has 1 aromatic rings. The second-order valence-electron chi connectivity index (χ2n) is 5.80. The average Bonchev–Trinajstić information content (AvgIpc) is 2.62. The van der Waals surface area contributed by atoms with Gasteiger partial charge in [0, 0.05) is 38.3 Å². The molecule has 0 spiro atoms.